The SMILES string of the molecule is COC(=O)CSCCC(=O)N1CCN(S(=O)(=O)c2cc(Cl)ccc2Cl)CC1. The Labute approximate surface area is 173 Å². The minimum atomic E-state index is -3.77. The van der Waals surface area contributed by atoms with Gasteiger partial charge >= 0.3 is 5.97 Å². The number of thioether (sulfide) groups is 1. The number of nitrogens with zero attached hydrogens (tertiary/aromatic N) is 2. The number of rotatable bonds is 7. The lowest BCUT2D eigenvalue weighted by Crippen LogP contribution is -2.50. The molecule has 0 aromatic heterocycles. The van der Waals surface area contributed by atoms with Crippen LogP contribution < -0.4 is 0 Å². The Morgan fingerprint density at radius 2 is 1.85 bits per heavy atom. The van der Waals surface area contributed by atoms with E-state index in [2.05, 4.69) is 4.74 Å². The number of sulfonamides is 1. The molecule has 0 unspecified atom stereocenters. The highest BCUT2D eigenvalue weighted by Gasteiger charge is 2.31. The first-order chi connectivity index (χ1) is 12.8. The van der Waals surface area contributed by atoms with Crippen LogP contribution in [0, 0.1) is 0 Å². The molecule has 7 nitrogen and oxygen atoms in total. The molecule has 0 spiro atoms. The summed E-state index contributed by atoms with van der Waals surface area (Å²) in [7, 11) is -2.46. The highest BCUT2D eigenvalue weighted by molar-refractivity contribution is 7.99. The summed E-state index contributed by atoms with van der Waals surface area (Å²) in [5.74, 6) is 0.317. The van der Waals surface area contributed by atoms with Crippen LogP contribution in [0.3, 0.4) is 0 Å². The van der Waals surface area contributed by atoms with Gasteiger partial charge < -0.3 is 9.64 Å². The van der Waals surface area contributed by atoms with Gasteiger partial charge in [0, 0.05) is 43.4 Å². The third kappa shape index (κ3) is 5.99. The number of carbonyl (C=O) groups is 2. The largest absolute Gasteiger partial charge is 0.468 e. The molecule has 1 aromatic carbocycles. The van der Waals surface area contributed by atoms with Gasteiger partial charge in [-0.15, -0.1) is 11.8 Å². The predicted molar refractivity (Wildman–Crippen MR) is 106 cm³/mol. The summed E-state index contributed by atoms with van der Waals surface area (Å²) in [5.41, 5.74) is 0. The third-order valence-corrected chi connectivity index (χ3v) is 7.56. The van der Waals surface area contributed by atoms with Gasteiger partial charge in [0.25, 0.3) is 0 Å². The molecule has 1 fully saturated rings. The fraction of sp³-hybridized carbons (Fsp3) is 0.500. The molecule has 1 aliphatic rings. The zero-order chi connectivity index (χ0) is 20.0. The van der Waals surface area contributed by atoms with Crippen LogP contribution in [0.2, 0.25) is 10.0 Å². The summed E-state index contributed by atoms with van der Waals surface area (Å²) in [6.45, 7) is 0.980. The average Bonchev–Trinajstić information content (AvgIpc) is 2.66. The van der Waals surface area contributed by atoms with Gasteiger partial charge in [-0.1, -0.05) is 23.2 Å². The quantitative estimate of drug-likeness (QED) is 0.463. The molecule has 11 heteroatoms. The van der Waals surface area contributed by atoms with E-state index in [1.54, 1.807) is 4.90 Å². The molecular formula is C16H20Cl2N2O5S2. The molecule has 0 aliphatic carbocycles. The van der Waals surface area contributed by atoms with E-state index in [0.29, 0.717) is 18.8 Å². The van der Waals surface area contributed by atoms with E-state index in [1.807, 2.05) is 0 Å². The van der Waals surface area contributed by atoms with E-state index in [-0.39, 0.29) is 52.1 Å². The van der Waals surface area contributed by atoms with Crippen molar-refractivity contribution in [3.8, 4) is 0 Å². The molecule has 0 saturated carbocycles. The smallest absolute Gasteiger partial charge is 0.315 e. The summed E-state index contributed by atoms with van der Waals surface area (Å²) in [4.78, 5) is 24.9. The van der Waals surface area contributed by atoms with E-state index < -0.39 is 10.0 Å². The molecule has 2 rings (SSSR count). The van der Waals surface area contributed by atoms with Gasteiger partial charge in [0.1, 0.15) is 4.90 Å². The first-order valence-corrected chi connectivity index (χ1v) is 11.5. The monoisotopic (exact) mass is 454 g/mol. The minimum absolute atomic E-state index is 0.0318. The molecule has 0 radical (unpaired) electrons. The van der Waals surface area contributed by atoms with E-state index in [0.717, 1.165) is 0 Å². The zero-order valence-electron chi connectivity index (χ0n) is 14.7. The van der Waals surface area contributed by atoms with Crippen molar-refractivity contribution in [1.82, 2.24) is 9.21 Å². The second-order valence-corrected chi connectivity index (χ2v) is 9.59. The molecule has 0 atom stereocenters. The van der Waals surface area contributed by atoms with Gasteiger partial charge in [0.05, 0.1) is 17.9 Å². The fourth-order valence-electron chi connectivity index (χ4n) is 2.52. The Hall–Kier alpha value is -1.000. The van der Waals surface area contributed by atoms with Crippen LogP contribution in [-0.4, -0.2) is 74.3 Å². The van der Waals surface area contributed by atoms with Crippen LogP contribution in [-0.2, 0) is 24.3 Å². The number of esters is 1. The maximum atomic E-state index is 12.8. The Bertz CT molecular complexity index is 796. The number of carbonyl (C=O) groups excluding carboxylic acids is 2. The Morgan fingerprint density at radius 3 is 2.48 bits per heavy atom. The van der Waals surface area contributed by atoms with Crippen molar-refractivity contribution in [3.05, 3.63) is 28.2 Å². The number of hydrogen-bond donors (Lipinski definition) is 0. The van der Waals surface area contributed by atoms with Crippen LogP contribution in [0.5, 0.6) is 0 Å². The number of amides is 1. The molecule has 0 N–H and O–H groups in total. The van der Waals surface area contributed by atoms with Crippen molar-refractivity contribution < 1.29 is 22.7 Å². The summed E-state index contributed by atoms with van der Waals surface area (Å²) in [6, 6.07) is 4.30. The Morgan fingerprint density at radius 1 is 1.19 bits per heavy atom. The molecule has 0 bridgehead atoms. The highest BCUT2D eigenvalue weighted by Crippen LogP contribution is 2.28. The lowest BCUT2D eigenvalue weighted by molar-refractivity contribution is -0.137. The number of piperazine rings is 1. The maximum absolute atomic E-state index is 12.8. The lowest BCUT2D eigenvalue weighted by Gasteiger charge is -2.34. The number of ether oxygens (including phenoxy) is 1. The number of hydrogen-bond acceptors (Lipinski definition) is 6. The van der Waals surface area contributed by atoms with Gasteiger partial charge in [0.2, 0.25) is 15.9 Å². The Balaban J connectivity index is 1.88. The minimum Gasteiger partial charge on any atom is -0.468 e. The zero-order valence-corrected chi connectivity index (χ0v) is 17.8. The van der Waals surface area contributed by atoms with Crippen molar-refractivity contribution in [2.75, 3.05) is 44.8 Å². The maximum Gasteiger partial charge on any atom is 0.315 e. The number of halogens is 2. The van der Waals surface area contributed by atoms with Crippen molar-refractivity contribution in [3.63, 3.8) is 0 Å². The molecule has 1 amide bonds. The Kier molecular flexibility index (Phi) is 8.23. The molecule has 1 saturated heterocycles. The summed E-state index contributed by atoms with van der Waals surface area (Å²) >= 11 is 13.2. The van der Waals surface area contributed by atoms with Crippen molar-refractivity contribution >= 4 is 56.9 Å². The second-order valence-electron chi connectivity index (χ2n) is 5.74. The normalized spacial score (nSPS) is 15.6. The molecule has 27 heavy (non-hydrogen) atoms. The van der Waals surface area contributed by atoms with Crippen LogP contribution in [0.4, 0.5) is 0 Å². The fourth-order valence-corrected chi connectivity index (χ4v) is 5.43. The van der Waals surface area contributed by atoms with Crippen molar-refractivity contribution in [1.29, 1.82) is 0 Å². The van der Waals surface area contributed by atoms with Crippen molar-refractivity contribution in [2.45, 2.75) is 11.3 Å². The van der Waals surface area contributed by atoms with Crippen LogP contribution >= 0.6 is 35.0 Å². The van der Waals surface area contributed by atoms with Gasteiger partial charge in [0.15, 0.2) is 0 Å². The molecule has 1 aromatic rings. The molecular weight excluding hydrogens is 435 g/mol. The van der Waals surface area contributed by atoms with Crippen molar-refractivity contribution in [2.24, 2.45) is 0 Å². The molecule has 1 heterocycles. The first kappa shape index (κ1) is 22.3. The van der Waals surface area contributed by atoms with E-state index in [9.17, 15) is 18.0 Å². The predicted octanol–water partition coefficient (Wildman–Crippen LogP) is 2.12. The van der Waals surface area contributed by atoms with E-state index in [4.69, 9.17) is 23.2 Å². The van der Waals surface area contributed by atoms with Gasteiger partial charge in [-0.25, -0.2) is 8.42 Å². The van der Waals surface area contributed by atoms with E-state index in [1.165, 1.54) is 41.4 Å². The molecule has 1 aliphatic heterocycles. The number of methoxy groups -OCH3 is 1. The van der Waals surface area contributed by atoms with E-state index >= 15 is 0 Å². The highest BCUT2D eigenvalue weighted by atomic mass is 35.5. The summed E-state index contributed by atoms with van der Waals surface area (Å²) < 4.78 is 31.4. The first-order valence-electron chi connectivity index (χ1n) is 8.13. The topological polar surface area (TPSA) is 84.0 Å². The third-order valence-electron chi connectivity index (χ3n) is 4.01. The average molecular weight is 455 g/mol. The van der Waals surface area contributed by atoms with Gasteiger partial charge in [-0.05, 0) is 18.2 Å². The van der Waals surface area contributed by atoms with Crippen LogP contribution in [0.1, 0.15) is 6.42 Å². The van der Waals surface area contributed by atoms with Crippen LogP contribution in [0.25, 0.3) is 0 Å². The number of benzene rings is 1. The standard InChI is InChI=1S/C16H20Cl2N2O5S2/c1-25-16(22)11-26-9-4-15(21)19-5-7-20(8-6-19)27(23,24)14-10-12(17)2-3-13(14)18/h2-3,10H,4-9,11H2,1H3. The van der Waals surface area contributed by atoms with Gasteiger partial charge in [-0.3, -0.25) is 9.59 Å². The summed E-state index contributed by atoms with van der Waals surface area (Å²) in [5, 5.41) is 0.400. The summed E-state index contributed by atoms with van der Waals surface area (Å²) in [6.07, 6.45) is 0.286. The van der Waals surface area contributed by atoms with Crippen LogP contribution in [0.15, 0.2) is 23.1 Å². The second kappa shape index (κ2) is 9.97. The lowest BCUT2D eigenvalue weighted by atomic mass is 10.3. The van der Waals surface area contributed by atoms with Gasteiger partial charge in [-0.2, -0.15) is 4.31 Å². The molecule has 150 valence electrons.